The number of ether oxygens (including phenoxy) is 1. The van der Waals surface area contributed by atoms with Gasteiger partial charge in [0.05, 0.1) is 0 Å². The Labute approximate surface area is 60.1 Å². The van der Waals surface area contributed by atoms with Gasteiger partial charge in [-0.15, -0.1) is 0 Å². The molecule has 0 atom stereocenters. The summed E-state index contributed by atoms with van der Waals surface area (Å²) in [4.78, 5) is 0. The van der Waals surface area contributed by atoms with Crippen LogP contribution in [0, 0.1) is 6.07 Å². The summed E-state index contributed by atoms with van der Waals surface area (Å²) in [6, 6.07) is 9.90. The SMILES string of the molecule is [O]CCOc1cc[c]cc1. The molecule has 0 aliphatic carbocycles. The van der Waals surface area contributed by atoms with Gasteiger partial charge in [0.25, 0.3) is 0 Å². The zero-order chi connectivity index (χ0) is 7.23. The molecule has 2 nitrogen and oxygen atoms in total. The van der Waals surface area contributed by atoms with E-state index in [0.717, 1.165) is 5.75 Å². The topological polar surface area (TPSA) is 29.1 Å². The van der Waals surface area contributed by atoms with Crippen molar-refractivity contribution in [2.45, 2.75) is 0 Å². The number of rotatable bonds is 3. The van der Waals surface area contributed by atoms with Crippen molar-refractivity contribution in [2.75, 3.05) is 13.2 Å². The van der Waals surface area contributed by atoms with Crippen LogP contribution in [-0.4, -0.2) is 13.2 Å². The molecule has 1 rings (SSSR count). The monoisotopic (exact) mass is 136 g/mol. The highest BCUT2D eigenvalue weighted by Crippen LogP contribution is 2.06. The molecular formula is C8H8O2. The van der Waals surface area contributed by atoms with E-state index in [1.54, 1.807) is 24.3 Å². The van der Waals surface area contributed by atoms with Crippen LogP contribution in [0.2, 0.25) is 0 Å². The number of benzene rings is 1. The molecule has 0 amide bonds. The van der Waals surface area contributed by atoms with Gasteiger partial charge >= 0.3 is 0 Å². The van der Waals surface area contributed by atoms with Crippen LogP contribution in [0.15, 0.2) is 24.3 Å². The minimum absolute atomic E-state index is 0.196. The van der Waals surface area contributed by atoms with Crippen molar-refractivity contribution >= 4 is 0 Å². The van der Waals surface area contributed by atoms with Crippen LogP contribution in [-0.2, 0) is 5.11 Å². The van der Waals surface area contributed by atoms with Crippen molar-refractivity contribution in [3.05, 3.63) is 30.3 Å². The molecule has 0 aliphatic rings. The Morgan fingerprint density at radius 2 is 2.10 bits per heavy atom. The molecule has 0 N–H and O–H groups in total. The van der Waals surface area contributed by atoms with E-state index in [-0.39, 0.29) is 13.2 Å². The smallest absolute Gasteiger partial charge is 0.119 e. The first kappa shape index (κ1) is 7.09. The molecule has 2 heteroatoms. The molecule has 0 aromatic heterocycles. The predicted molar refractivity (Wildman–Crippen MR) is 36.3 cm³/mol. The second kappa shape index (κ2) is 3.90. The molecule has 0 unspecified atom stereocenters. The minimum Gasteiger partial charge on any atom is -0.491 e. The number of hydrogen-bond donors (Lipinski definition) is 0. The van der Waals surface area contributed by atoms with E-state index in [1.165, 1.54) is 0 Å². The molecule has 0 bridgehead atoms. The molecule has 1 aromatic carbocycles. The largest absolute Gasteiger partial charge is 0.491 e. The van der Waals surface area contributed by atoms with Gasteiger partial charge in [0.2, 0.25) is 0 Å². The van der Waals surface area contributed by atoms with E-state index >= 15 is 0 Å². The zero-order valence-corrected chi connectivity index (χ0v) is 5.54. The van der Waals surface area contributed by atoms with Crippen LogP contribution in [0.5, 0.6) is 5.75 Å². The predicted octanol–water partition coefficient (Wildman–Crippen LogP) is 1.30. The van der Waals surface area contributed by atoms with Crippen molar-refractivity contribution < 1.29 is 9.84 Å². The second-order valence-electron chi connectivity index (χ2n) is 1.79. The average Bonchev–Trinajstić information content (AvgIpc) is 2.03. The highest BCUT2D eigenvalue weighted by Gasteiger charge is 1.87. The standard InChI is InChI=1S/C8H8O2/c9-6-7-10-8-4-2-1-3-5-8/h2-5H,6-7H2. The van der Waals surface area contributed by atoms with E-state index in [4.69, 9.17) is 4.74 Å². The maximum Gasteiger partial charge on any atom is 0.119 e. The first-order chi connectivity index (χ1) is 4.93. The highest BCUT2D eigenvalue weighted by atomic mass is 16.5. The van der Waals surface area contributed by atoms with Gasteiger partial charge in [-0.05, 0) is 18.2 Å². The lowest BCUT2D eigenvalue weighted by atomic mass is 10.3. The molecular weight excluding hydrogens is 128 g/mol. The fourth-order valence-electron chi connectivity index (χ4n) is 0.627. The van der Waals surface area contributed by atoms with Crippen molar-refractivity contribution in [1.82, 2.24) is 0 Å². The first-order valence-corrected chi connectivity index (χ1v) is 3.10. The van der Waals surface area contributed by atoms with Crippen LogP contribution in [0.25, 0.3) is 0 Å². The van der Waals surface area contributed by atoms with Gasteiger partial charge in [0.1, 0.15) is 19.0 Å². The maximum absolute atomic E-state index is 9.97. The molecule has 52 valence electrons. The van der Waals surface area contributed by atoms with Gasteiger partial charge in [-0.3, -0.25) is 0 Å². The molecule has 0 aliphatic heterocycles. The molecule has 1 aromatic rings. The average molecular weight is 136 g/mol. The Morgan fingerprint density at radius 3 is 2.70 bits per heavy atom. The number of hydrogen-bond acceptors (Lipinski definition) is 1. The third-order valence-corrected chi connectivity index (χ3v) is 1.04. The Morgan fingerprint density at radius 1 is 1.40 bits per heavy atom. The Hall–Kier alpha value is -1.02. The van der Waals surface area contributed by atoms with Crippen molar-refractivity contribution in [3.8, 4) is 5.75 Å². The summed E-state index contributed by atoms with van der Waals surface area (Å²) >= 11 is 0. The Bertz CT molecular complexity index is 172. The molecule has 2 radical (unpaired) electrons. The van der Waals surface area contributed by atoms with Crippen LogP contribution < -0.4 is 4.74 Å². The molecule has 0 spiro atoms. The van der Waals surface area contributed by atoms with Gasteiger partial charge in [0, 0.05) is 0 Å². The minimum atomic E-state index is -0.196. The second-order valence-corrected chi connectivity index (χ2v) is 1.79. The lowest BCUT2D eigenvalue weighted by molar-refractivity contribution is 0.138. The van der Waals surface area contributed by atoms with Crippen molar-refractivity contribution in [3.63, 3.8) is 0 Å². The van der Waals surface area contributed by atoms with E-state index in [0.29, 0.717) is 0 Å². The van der Waals surface area contributed by atoms with Gasteiger partial charge < -0.3 is 4.74 Å². The first-order valence-electron chi connectivity index (χ1n) is 3.10. The zero-order valence-electron chi connectivity index (χ0n) is 5.54. The van der Waals surface area contributed by atoms with Crippen molar-refractivity contribution in [2.24, 2.45) is 0 Å². The van der Waals surface area contributed by atoms with Crippen LogP contribution in [0.4, 0.5) is 0 Å². The fraction of sp³-hybridized carbons (Fsp3) is 0.250. The van der Waals surface area contributed by atoms with E-state index < -0.39 is 0 Å². The van der Waals surface area contributed by atoms with Gasteiger partial charge in [-0.2, -0.15) is 0 Å². The molecule has 0 heterocycles. The van der Waals surface area contributed by atoms with Crippen LogP contribution in [0.3, 0.4) is 0 Å². The summed E-state index contributed by atoms with van der Waals surface area (Å²) in [6.45, 7) is 0.0443. The van der Waals surface area contributed by atoms with Crippen LogP contribution >= 0.6 is 0 Å². The van der Waals surface area contributed by atoms with E-state index in [9.17, 15) is 5.11 Å². The lowest BCUT2D eigenvalue weighted by Gasteiger charge is -2.00. The summed E-state index contributed by atoms with van der Waals surface area (Å²) in [5.41, 5.74) is 0. The highest BCUT2D eigenvalue weighted by molar-refractivity contribution is 5.20. The van der Waals surface area contributed by atoms with Gasteiger partial charge in [0.15, 0.2) is 0 Å². The molecule has 0 saturated carbocycles. The lowest BCUT2D eigenvalue weighted by Crippen LogP contribution is -1.99. The summed E-state index contributed by atoms with van der Waals surface area (Å²) in [7, 11) is 0. The molecule has 10 heavy (non-hydrogen) atoms. The Balaban J connectivity index is 2.43. The molecule has 0 fully saturated rings. The van der Waals surface area contributed by atoms with Gasteiger partial charge in [-0.25, -0.2) is 5.11 Å². The summed E-state index contributed by atoms with van der Waals surface area (Å²) in [5.74, 6) is 0.731. The van der Waals surface area contributed by atoms with E-state index in [2.05, 4.69) is 6.07 Å². The normalized spacial score (nSPS) is 9.30. The maximum atomic E-state index is 9.97. The van der Waals surface area contributed by atoms with Crippen LogP contribution in [0.1, 0.15) is 0 Å². The fourth-order valence-corrected chi connectivity index (χ4v) is 0.627. The summed E-state index contributed by atoms with van der Waals surface area (Å²) in [5, 5.41) is 9.97. The third-order valence-electron chi connectivity index (χ3n) is 1.04. The van der Waals surface area contributed by atoms with Gasteiger partial charge in [-0.1, -0.05) is 12.1 Å². The molecule has 0 saturated heterocycles. The summed E-state index contributed by atoms with van der Waals surface area (Å²) < 4.78 is 5.02. The summed E-state index contributed by atoms with van der Waals surface area (Å²) in [6.07, 6.45) is 0. The third kappa shape index (κ3) is 2.07. The Kier molecular flexibility index (Phi) is 2.77. The van der Waals surface area contributed by atoms with Crippen molar-refractivity contribution in [1.29, 1.82) is 0 Å². The quantitative estimate of drug-likeness (QED) is 0.615. The van der Waals surface area contributed by atoms with E-state index in [1.807, 2.05) is 0 Å².